The molecule has 0 aliphatic heterocycles. The Bertz CT molecular complexity index is 366. The van der Waals surface area contributed by atoms with Gasteiger partial charge in [-0.25, -0.2) is 0 Å². The van der Waals surface area contributed by atoms with Gasteiger partial charge in [-0.15, -0.1) is 0 Å². The second kappa shape index (κ2) is 7.39. The Kier molecular flexibility index (Phi) is 6.16. The highest BCUT2D eigenvalue weighted by Crippen LogP contribution is 2.28. The zero-order chi connectivity index (χ0) is 13.5. The Labute approximate surface area is 110 Å². The summed E-state index contributed by atoms with van der Waals surface area (Å²) in [6.45, 7) is 11.6. The smallest absolute Gasteiger partial charge is 0.120 e. The van der Waals surface area contributed by atoms with Crippen molar-refractivity contribution in [2.45, 2.75) is 33.7 Å². The van der Waals surface area contributed by atoms with E-state index in [9.17, 15) is 5.11 Å². The van der Waals surface area contributed by atoms with Crippen molar-refractivity contribution in [2.24, 2.45) is 0 Å². The summed E-state index contributed by atoms with van der Waals surface area (Å²) in [4.78, 5) is 2.31. The van der Waals surface area contributed by atoms with Gasteiger partial charge < -0.3 is 9.84 Å². The maximum absolute atomic E-state index is 9.96. The minimum Gasteiger partial charge on any atom is -0.508 e. The van der Waals surface area contributed by atoms with E-state index in [0.717, 1.165) is 31.9 Å². The first kappa shape index (κ1) is 15.0. The summed E-state index contributed by atoms with van der Waals surface area (Å²) in [5.41, 5.74) is 2.17. The average molecular weight is 251 g/mol. The van der Waals surface area contributed by atoms with Crippen molar-refractivity contribution >= 4 is 0 Å². The molecule has 1 unspecified atom stereocenters. The molecule has 18 heavy (non-hydrogen) atoms. The van der Waals surface area contributed by atoms with Crippen molar-refractivity contribution in [2.75, 3.05) is 26.3 Å². The SMILES string of the molecule is CCOCCN(CC)C(C)c1cc(C)ccc1O. The third-order valence-electron chi connectivity index (χ3n) is 3.31. The highest BCUT2D eigenvalue weighted by atomic mass is 16.5. The summed E-state index contributed by atoms with van der Waals surface area (Å²) < 4.78 is 5.40. The summed E-state index contributed by atoms with van der Waals surface area (Å²) >= 11 is 0. The van der Waals surface area contributed by atoms with Crippen molar-refractivity contribution in [3.8, 4) is 5.75 Å². The summed E-state index contributed by atoms with van der Waals surface area (Å²) in [5, 5.41) is 9.96. The fourth-order valence-electron chi connectivity index (χ4n) is 2.16. The van der Waals surface area contributed by atoms with Crippen LogP contribution >= 0.6 is 0 Å². The predicted octanol–water partition coefficient (Wildman–Crippen LogP) is 3.12. The van der Waals surface area contributed by atoms with E-state index in [0.29, 0.717) is 5.75 Å². The molecule has 1 aromatic carbocycles. The molecule has 1 aromatic rings. The van der Waals surface area contributed by atoms with E-state index >= 15 is 0 Å². The molecule has 1 atom stereocenters. The number of phenols is 1. The van der Waals surface area contributed by atoms with Gasteiger partial charge in [0.05, 0.1) is 6.61 Å². The summed E-state index contributed by atoms with van der Waals surface area (Å²) in [6, 6.07) is 5.97. The molecule has 0 aromatic heterocycles. The molecular formula is C15H25NO2. The zero-order valence-electron chi connectivity index (χ0n) is 11.9. The number of benzene rings is 1. The Morgan fingerprint density at radius 2 is 2.06 bits per heavy atom. The van der Waals surface area contributed by atoms with Crippen molar-refractivity contribution in [3.63, 3.8) is 0 Å². The van der Waals surface area contributed by atoms with Gasteiger partial charge in [0.2, 0.25) is 0 Å². The molecular weight excluding hydrogens is 226 g/mol. The number of aryl methyl sites for hydroxylation is 1. The van der Waals surface area contributed by atoms with Gasteiger partial charge in [-0.1, -0.05) is 24.6 Å². The summed E-state index contributed by atoms with van der Waals surface area (Å²) in [6.07, 6.45) is 0. The third kappa shape index (κ3) is 4.00. The second-order valence-corrected chi connectivity index (χ2v) is 4.56. The number of rotatable bonds is 7. The van der Waals surface area contributed by atoms with E-state index in [2.05, 4.69) is 24.8 Å². The van der Waals surface area contributed by atoms with Gasteiger partial charge in [0.1, 0.15) is 5.75 Å². The minimum atomic E-state index is 0.204. The number of hydrogen-bond donors (Lipinski definition) is 1. The number of likely N-dealkylation sites (N-methyl/N-ethyl adjacent to an activating group) is 1. The van der Waals surface area contributed by atoms with Crippen LogP contribution in [-0.2, 0) is 4.74 Å². The number of ether oxygens (including phenoxy) is 1. The molecule has 0 spiro atoms. The molecule has 0 heterocycles. The van der Waals surface area contributed by atoms with E-state index in [1.807, 2.05) is 19.9 Å². The lowest BCUT2D eigenvalue weighted by Crippen LogP contribution is -2.30. The van der Waals surface area contributed by atoms with Crippen molar-refractivity contribution in [1.29, 1.82) is 0 Å². The van der Waals surface area contributed by atoms with Gasteiger partial charge in [-0.3, -0.25) is 4.90 Å². The summed E-state index contributed by atoms with van der Waals surface area (Å²) in [5.74, 6) is 0.378. The molecule has 0 fully saturated rings. The van der Waals surface area contributed by atoms with Gasteiger partial charge in [0, 0.05) is 24.8 Å². The standard InChI is InChI=1S/C15H25NO2/c1-5-16(9-10-18-6-2)13(4)14-11-12(3)7-8-15(14)17/h7-8,11,13,17H,5-6,9-10H2,1-4H3. The van der Waals surface area contributed by atoms with Crippen LogP contribution in [0.25, 0.3) is 0 Å². The Morgan fingerprint density at radius 3 is 2.67 bits per heavy atom. The molecule has 1 N–H and O–H groups in total. The molecule has 3 nitrogen and oxygen atoms in total. The van der Waals surface area contributed by atoms with Crippen LogP contribution in [0.5, 0.6) is 5.75 Å². The van der Waals surface area contributed by atoms with Crippen LogP contribution < -0.4 is 0 Å². The van der Waals surface area contributed by atoms with E-state index in [1.54, 1.807) is 6.07 Å². The Hall–Kier alpha value is -1.06. The molecule has 0 saturated carbocycles. The monoisotopic (exact) mass is 251 g/mol. The van der Waals surface area contributed by atoms with Crippen LogP contribution in [0.3, 0.4) is 0 Å². The Morgan fingerprint density at radius 1 is 1.33 bits per heavy atom. The lowest BCUT2D eigenvalue weighted by molar-refractivity contribution is 0.0996. The van der Waals surface area contributed by atoms with E-state index in [1.165, 1.54) is 5.56 Å². The van der Waals surface area contributed by atoms with Gasteiger partial charge in [0.25, 0.3) is 0 Å². The molecule has 102 valence electrons. The van der Waals surface area contributed by atoms with Gasteiger partial charge in [-0.2, -0.15) is 0 Å². The number of nitrogens with zero attached hydrogens (tertiary/aromatic N) is 1. The van der Waals surface area contributed by atoms with E-state index in [4.69, 9.17) is 4.74 Å². The molecule has 3 heteroatoms. The highest BCUT2D eigenvalue weighted by Gasteiger charge is 2.17. The number of aromatic hydroxyl groups is 1. The van der Waals surface area contributed by atoms with Crippen LogP contribution in [0.4, 0.5) is 0 Å². The quantitative estimate of drug-likeness (QED) is 0.756. The predicted molar refractivity (Wildman–Crippen MR) is 75.0 cm³/mol. The fourth-order valence-corrected chi connectivity index (χ4v) is 2.16. The summed E-state index contributed by atoms with van der Waals surface area (Å²) in [7, 11) is 0. The van der Waals surface area contributed by atoms with Crippen LogP contribution in [0, 0.1) is 6.92 Å². The molecule has 0 aliphatic carbocycles. The first-order valence-corrected chi connectivity index (χ1v) is 6.71. The van der Waals surface area contributed by atoms with Crippen molar-refractivity contribution in [1.82, 2.24) is 4.90 Å². The maximum atomic E-state index is 9.96. The molecule has 0 saturated heterocycles. The van der Waals surface area contributed by atoms with E-state index in [-0.39, 0.29) is 6.04 Å². The first-order valence-electron chi connectivity index (χ1n) is 6.71. The van der Waals surface area contributed by atoms with Crippen LogP contribution in [0.1, 0.15) is 37.9 Å². The average Bonchev–Trinajstić information content (AvgIpc) is 2.37. The normalized spacial score (nSPS) is 12.9. The van der Waals surface area contributed by atoms with Crippen LogP contribution in [0.15, 0.2) is 18.2 Å². The zero-order valence-corrected chi connectivity index (χ0v) is 11.9. The topological polar surface area (TPSA) is 32.7 Å². The highest BCUT2D eigenvalue weighted by molar-refractivity contribution is 5.37. The first-order chi connectivity index (χ1) is 8.60. The van der Waals surface area contributed by atoms with Crippen LogP contribution in [-0.4, -0.2) is 36.3 Å². The molecule has 0 aliphatic rings. The minimum absolute atomic E-state index is 0.204. The van der Waals surface area contributed by atoms with Gasteiger partial charge in [0.15, 0.2) is 0 Å². The Balaban J connectivity index is 2.75. The number of hydrogen-bond acceptors (Lipinski definition) is 3. The van der Waals surface area contributed by atoms with Crippen LogP contribution in [0.2, 0.25) is 0 Å². The van der Waals surface area contributed by atoms with Crippen molar-refractivity contribution in [3.05, 3.63) is 29.3 Å². The fraction of sp³-hybridized carbons (Fsp3) is 0.600. The lowest BCUT2D eigenvalue weighted by atomic mass is 10.0. The van der Waals surface area contributed by atoms with Gasteiger partial charge >= 0.3 is 0 Å². The number of phenolic OH excluding ortho intramolecular Hbond substituents is 1. The van der Waals surface area contributed by atoms with E-state index < -0.39 is 0 Å². The lowest BCUT2D eigenvalue weighted by Gasteiger charge is -2.28. The molecule has 0 radical (unpaired) electrons. The second-order valence-electron chi connectivity index (χ2n) is 4.56. The van der Waals surface area contributed by atoms with Gasteiger partial charge in [-0.05, 0) is 33.4 Å². The third-order valence-corrected chi connectivity index (χ3v) is 3.31. The molecule has 0 amide bonds. The van der Waals surface area contributed by atoms with Crippen molar-refractivity contribution < 1.29 is 9.84 Å². The largest absolute Gasteiger partial charge is 0.508 e. The maximum Gasteiger partial charge on any atom is 0.120 e. The molecule has 1 rings (SSSR count). The molecule has 0 bridgehead atoms.